The zero-order valence-corrected chi connectivity index (χ0v) is 15.3. The van der Waals surface area contributed by atoms with Crippen molar-refractivity contribution in [3.05, 3.63) is 24.0 Å². The second-order valence-electron chi connectivity index (χ2n) is 5.57. The fourth-order valence-corrected chi connectivity index (χ4v) is 3.50. The van der Waals surface area contributed by atoms with Crippen molar-refractivity contribution in [1.82, 2.24) is 18.2 Å². The number of nitrogens with zero attached hydrogens (tertiary/aromatic N) is 4. The van der Waals surface area contributed by atoms with Crippen LogP contribution in [0, 0.1) is 6.92 Å². The highest BCUT2D eigenvalue weighted by Gasteiger charge is 2.17. The molecule has 2 aromatic heterocycles. The van der Waals surface area contributed by atoms with Gasteiger partial charge in [-0.2, -0.15) is 0 Å². The van der Waals surface area contributed by atoms with Crippen LogP contribution in [0.3, 0.4) is 0 Å². The minimum Gasteiger partial charge on any atom is -0.481 e. The number of aromatic nitrogens is 2. The van der Waals surface area contributed by atoms with Crippen LogP contribution in [0.4, 0.5) is 0 Å². The molecule has 1 aliphatic heterocycles. The number of carbonyl (C=O) groups is 1. The van der Waals surface area contributed by atoms with Crippen molar-refractivity contribution in [2.75, 3.05) is 46.9 Å². The molecule has 2 aromatic rings. The summed E-state index contributed by atoms with van der Waals surface area (Å²) in [6.07, 6.45) is 4.63. The maximum atomic E-state index is 9.05. The average molecular weight is 351 g/mol. The number of fused-ring (bicyclic) bond motifs is 1. The lowest BCUT2D eigenvalue weighted by molar-refractivity contribution is -0.106. The average Bonchev–Trinajstić information content (AvgIpc) is 3.02. The van der Waals surface area contributed by atoms with Crippen molar-refractivity contribution in [3.63, 3.8) is 0 Å². The van der Waals surface area contributed by atoms with Gasteiger partial charge < -0.3 is 20.2 Å². The maximum absolute atomic E-state index is 9.05. The number of aryl methyl sites for hydroxylation is 1. The fraction of sp³-hybridized carbons (Fsp3) is 0.500. The summed E-state index contributed by atoms with van der Waals surface area (Å²) in [4.78, 5) is 15.7. The number of rotatable bonds is 4. The van der Waals surface area contributed by atoms with E-state index in [0.29, 0.717) is 12.2 Å². The summed E-state index contributed by atoms with van der Waals surface area (Å²) in [5.74, 6) is 0.698. The number of piperazine rings is 1. The van der Waals surface area contributed by atoms with Crippen molar-refractivity contribution >= 4 is 29.3 Å². The van der Waals surface area contributed by atoms with E-state index in [4.69, 9.17) is 9.53 Å². The van der Waals surface area contributed by atoms with E-state index >= 15 is 0 Å². The zero-order chi connectivity index (χ0) is 17.5. The molecule has 0 radical (unpaired) electrons. The van der Waals surface area contributed by atoms with E-state index in [2.05, 4.69) is 50.1 Å². The number of ether oxygens (including phenoxy) is 1. The van der Waals surface area contributed by atoms with E-state index in [1.165, 1.54) is 11.1 Å². The summed E-state index contributed by atoms with van der Waals surface area (Å²) in [6.45, 7) is 6.64. The third-order valence-electron chi connectivity index (χ3n) is 3.79. The molecule has 0 aliphatic carbocycles. The molecule has 0 spiro atoms. The molecule has 7 nitrogen and oxygen atoms in total. The molecule has 3 rings (SSSR count). The molecule has 1 aliphatic rings. The molecule has 3 heterocycles. The van der Waals surface area contributed by atoms with Crippen LogP contribution in [-0.2, 0) is 4.79 Å². The van der Waals surface area contributed by atoms with Crippen LogP contribution < -0.4 is 10.5 Å². The SMILES string of the molecule is COc1ncc(C)c2c1ccn2SN1CCN(C)CC1.NCC=O. The number of aldehydes is 1. The first-order valence-corrected chi connectivity index (χ1v) is 8.60. The Hall–Kier alpha value is -1.61. The van der Waals surface area contributed by atoms with Gasteiger partial charge in [-0.05, 0) is 25.6 Å². The van der Waals surface area contributed by atoms with E-state index in [9.17, 15) is 0 Å². The number of pyridine rings is 1. The van der Waals surface area contributed by atoms with Crippen LogP contribution in [0.15, 0.2) is 18.5 Å². The second-order valence-corrected chi connectivity index (χ2v) is 6.64. The normalized spacial score (nSPS) is 15.8. The summed E-state index contributed by atoms with van der Waals surface area (Å²) in [5, 5.41) is 1.08. The molecule has 8 heteroatoms. The molecule has 0 aromatic carbocycles. The molecule has 0 bridgehead atoms. The molecule has 1 saturated heterocycles. The van der Waals surface area contributed by atoms with E-state index in [1.54, 1.807) is 19.2 Å². The van der Waals surface area contributed by atoms with E-state index in [-0.39, 0.29) is 6.54 Å². The minimum absolute atomic E-state index is 0.139. The lowest BCUT2D eigenvalue weighted by Crippen LogP contribution is -2.41. The van der Waals surface area contributed by atoms with Crippen LogP contribution in [-0.4, -0.2) is 71.3 Å². The first-order valence-electron chi connectivity index (χ1n) is 7.87. The first-order chi connectivity index (χ1) is 11.6. The Morgan fingerprint density at radius 2 is 2.04 bits per heavy atom. The summed E-state index contributed by atoms with van der Waals surface area (Å²) in [5.41, 5.74) is 7.03. The second kappa shape index (κ2) is 9.03. The van der Waals surface area contributed by atoms with Crippen molar-refractivity contribution in [2.24, 2.45) is 5.73 Å². The highest BCUT2D eigenvalue weighted by atomic mass is 32.2. The highest BCUT2D eigenvalue weighted by molar-refractivity contribution is 7.95. The summed E-state index contributed by atoms with van der Waals surface area (Å²) >= 11 is 1.78. The number of methoxy groups -OCH3 is 1. The van der Waals surface area contributed by atoms with Crippen LogP contribution >= 0.6 is 12.1 Å². The molecule has 132 valence electrons. The van der Waals surface area contributed by atoms with E-state index in [1.807, 2.05) is 6.20 Å². The molecular formula is C16H25N5O2S. The zero-order valence-electron chi connectivity index (χ0n) is 14.4. The quantitative estimate of drug-likeness (QED) is 0.654. The Morgan fingerprint density at radius 3 is 2.62 bits per heavy atom. The van der Waals surface area contributed by atoms with Gasteiger partial charge in [-0.25, -0.2) is 9.29 Å². The van der Waals surface area contributed by atoms with Crippen molar-refractivity contribution in [3.8, 4) is 5.88 Å². The van der Waals surface area contributed by atoms with Gasteiger partial charge in [-0.15, -0.1) is 0 Å². The number of nitrogens with two attached hydrogens (primary N) is 1. The van der Waals surface area contributed by atoms with Crippen LogP contribution in [0.2, 0.25) is 0 Å². The Balaban J connectivity index is 0.000000471. The predicted molar refractivity (Wildman–Crippen MR) is 98.2 cm³/mol. The number of carbonyl (C=O) groups excluding carboxylic acids is 1. The van der Waals surface area contributed by atoms with Crippen LogP contribution in [0.5, 0.6) is 5.88 Å². The minimum atomic E-state index is 0.139. The lowest BCUT2D eigenvalue weighted by atomic mass is 10.2. The molecule has 0 atom stereocenters. The third kappa shape index (κ3) is 4.47. The summed E-state index contributed by atoms with van der Waals surface area (Å²) < 4.78 is 9.98. The fourth-order valence-electron chi connectivity index (χ4n) is 2.48. The van der Waals surface area contributed by atoms with Crippen LogP contribution in [0.25, 0.3) is 10.9 Å². The van der Waals surface area contributed by atoms with Gasteiger partial charge in [0.15, 0.2) is 0 Å². The van der Waals surface area contributed by atoms with Crippen molar-refractivity contribution < 1.29 is 9.53 Å². The highest BCUT2D eigenvalue weighted by Crippen LogP contribution is 2.30. The molecule has 0 saturated carbocycles. The Kier molecular flexibility index (Phi) is 7.04. The molecular weight excluding hydrogens is 326 g/mol. The van der Waals surface area contributed by atoms with Gasteiger partial charge in [-0.1, -0.05) is 0 Å². The molecule has 1 fully saturated rings. The summed E-state index contributed by atoms with van der Waals surface area (Å²) in [6, 6.07) is 2.08. The number of hydrogen-bond acceptors (Lipinski definition) is 7. The molecule has 0 amide bonds. The number of likely N-dealkylation sites (N-methyl/N-ethyl adjacent to an activating group) is 1. The van der Waals surface area contributed by atoms with E-state index < -0.39 is 0 Å². The summed E-state index contributed by atoms with van der Waals surface area (Å²) in [7, 11) is 3.84. The Labute approximate surface area is 147 Å². The number of hydrogen-bond donors (Lipinski definition) is 1. The smallest absolute Gasteiger partial charge is 0.222 e. The largest absolute Gasteiger partial charge is 0.481 e. The molecule has 2 N–H and O–H groups in total. The van der Waals surface area contributed by atoms with Gasteiger partial charge >= 0.3 is 0 Å². The Bertz CT molecular complexity index is 668. The Morgan fingerprint density at radius 1 is 1.38 bits per heavy atom. The maximum Gasteiger partial charge on any atom is 0.222 e. The molecule has 24 heavy (non-hydrogen) atoms. The first kappa shape index (κ1) is 18.7. The van der Waals surface area contributed by atoms with Crippen molar-refractivity contribution in [1.29, 1.82) is 0 Å². The van der Waals surface area contributed by atoms with E-state index in [0.717, 1.165) is 31.6 Å². The predicted octanol–water partition coefficient (Wildman–Crippen LogP) is 1.16. The standard InChI is InChI=1S/C14H20N4OS.C2H5NO/c1-11-10-15-14(19-3)12-4-5-18(13(11)12)20-17-8-6-16(2)7-9-17;3-1-2-4/h4-5,10H,6-9H2,1-3H3;2H,1,3H2. The monoisotopic (exact) mass is 351 g/mol. The van der Waals surface area contributed by atoms with Gasteiger partial charge in [0.2, 0.25) is 5.88 Å². The third-order valence-corrected chi connectivity index (χ3v) is 4.86. The van der Waals surface area contributed by atoms with Gasteiger partial charge in [0.05, 0.1) is 18.0 Å². The van der Waals surface area contributed by atoms with Gasteiger partial charge in [-0.3, -0.25) is 3.97 Å². The molecule has 0 unspecified atom stereocenters. The topological polar surface area (TPSA) is 76.6 Å². The van der Waals surface area contributed by atoms with Crippen LogP contribution in [0.1, 0.15) is 5.56 Å². The van der Waals surface area contributed by atoms with Gasteiger partial charge in [0.25, 0.3) is 0 Å². The van der Waals surface area contributed by atoms with Crippen molar-refractivity contribution in [2.45, 2.75) is 6.92 Å². The van der Waals surface area contributed by atoms with Gasteiger partial charge in [0.1, 0.15) is 6.29 Å². The lowest BCUT2D eigenvalue weighted by Gasteiger charge is -2.31. The van der Waals surface area contributed by atoms with Gasteiger partial charge in [0, 0.05) is 57.3 Å².